The molecule has 0 aliphatic carbocycles. The van der Waals surface area contributed by atoms with Crippen molar-refractivity contribution >= 4 is 0 Å². The third-order valence-corrected chi connectivity index (χ3v) is 4.71. The van der Waals surface area contributed by atoms with Crippen LogP contribution in [0.1, 0.15) is 27.8 Å². The van der Waals surface area contributed by atoms with E-state index >= 15 is 0 Å². The monoisotopic (exact) mass is 406 g/mol. The number of halogens is 5. The molecule has 6 heteroatoms. The molecule has 0 saturated carbocycles. The van der Waals surface area contributed by atoms with Crippen LogP contribution in [0.15, 0.2) is 42.5 Å². The van der Waals surface area contributed by atoms with Gasteiger partial charge in [-0.1, -0.05) is 29.8 Å². The maximum atomic E-state index is 14.7. The third-order valence-electron chi connectivity index (χ3n) is 4.71. The van der Waals surface area contributed by atoms with Crippen LogP contribution in [0.3, 0.4) is 0 Å². The number of ether oxygens (including phenoxy) is 1. The summed E-state index contributed by atoms with van der Waals surface area (Å²) in [7, 11) is 0. The lowest BCUT2D eigenvalue weighted by atomic mass is 9.92. The normalized spacial score (nSPS) is 11.6. The van der Waals surface area contributed by atoms with Crippen molar-refractivity contribution in [1.82, 2.24) is 0 Å². The minimum Gasteiger partial charge on any atom is -0.429 e. The van der Waals surface area contributed by atoms with Crippen molar-refractivity contribution in [1.29, 1.82) is 0 Å². The van der Waals surface area contributed by atoms with E-state index in [1.54, 1.807) is 12.1 Å². The lowest BCUT2D eigenvalue weighted by Crippen LogP contribution is -2.23. The number of benzene rings is 3. The number of rotatable bonds is 4. The Morgan fingerprint density at radius 3 is 1.79 bits per heavy atom. The van der Waals surface area contributed by atoms with Crippen molar-refractivity contribution in [2.45, 2.75) is 33.8 Å². The van der Waals surface area contributed by atoms with Gasteiger partial charge in [-0.15, -0.1) is 0 Å². The van der Waals surface area contributed by atoms with Gasteiger partial charge in [0.25, 0.3) is 0 Å². The predicted molar refractivity (Wildman–Crippen MR) is 102 cm³/mol. The molecule has 0 saturated heterocycles. The summed E-state index contributed by atoms with van der Waals surface area (Å²) in [6.07, 6.45) is -3.86. The van der Waals surface area contributed by atoms with Crippen LogP contribution < -0.4 is 4.74 Å². The van der Waals surface area contributed by atoms with Gasteiger partial charge in [0.2, 0.25) is 0 Å². The number of hydrogen-bond donors (Lipinski definition) is 0. The minimum absolute atomic E-state index is 0.245. The molecule has 0 amide bonds. The molecule has 152 valence electrons. The van der Waals surface area contributed by atoms with E-state index in [9.17, 15) is 22.0 Å². The first-order valence-electron chi connectivity index (χ1n) is 8.90. The van der Waals surface area contributed by atoms with Gasteiger partial charge >= 0.3 is 6.11 Å². The Bertz CT molecular complexity index is 1040. The molecule has 3 aromatic rings. The van der Waals surface area contributed by atoms with Gasteiger partial charge in [-0.2, -0.15) is 8.78 Å². The van der Waals surface area contributed by atoms with Crippen LogP contribution in [-0.4, -0.2) is 0 Å². The molecule has 0 heterocycles. The summed E-state index contributed by atoms with van der Waals surface area (Å²) in [4.78, 5) is 0. The lowest BCUT2D eigenvalue weighted by molar-refractivity contribution is -0.186. The van der Waals surface area contributed by atoms with Crippen LogP contribution in [0.5, 0.6) is 5.75 Å². The molecule has 0 unspecified atom stereocenters. The van der Waals surface area contributed by atoms with Crippen molar-refractivity contribution in [2.75, 3.05) is 0 Å². The van der Waals surface area contributed by atoms with Crippen LogP contribution >= 0.6 is 0 Å². The predicted octanol–water partition coefficient (Wildman–Crippen LogP) is 7.13. The molecular weight excluding hydrogens is 387 g/mol. The van der Waals surface area contributed by atoms with Crippen molar-refractivity contribution in [3.63, 3.8) is 0 Å². The standard InChI is InChI=1S/C23H19F5O/c1-12-7-14(3)21(15(4)8-12)16-5-6-18(13(2)9-16)23(27,28)29-17-10-19(24)22(26)20(25)11-17/h5-11H,1-4H3. The first kappa shape index (κ1) is 20.8. The zero-order valence-electron chi connectivity index (χ0n) is 16.3. The van der Waals surface area contributed by atoms with Gasteiger partial charge in [-0.3, -0.25) is 0 Å². The fourth-order valence-electron chi connectivity index (χ4n) is 3.58. The molecule has 0 aliphatic rings. The summed E-state index contributed by atoms with van der Waals surface area (Å²) in [6.45, 7) is 7.39. The maximum absolute atomic E-state index is 14.7. The van der Waals surface area contributed by atoms with Crippen molar-refractivity contribution < 1.29 is 26.7 Å². The molecule has 0 bridgehead atoms. The van der Waals surface area contributed by atoms with Crippen LogP contribution in [0, 0.1) is 45.1 Å². The number of alkyl halides is 2. The summed E-state index contributed by atoms with van der Waals surface area (Å²) in [5.74, 6) is -5.76. The molecule has 0 aliphatic heterocycles. The highest BCUT2D eigenvalue weighted by Gasteiger charge is 2.36. The van der Waals surface area contributed by atoms with Crippen LogP contribution in [0.25, 0.3) is 11.1 Å². The minimum atomic E-state index is -3.86. The summed E-state index contributed by atoms with van der Waals surface area (Å²) in [5.41, 5.74) is 4.68. The molecule has 0 fully saturated rings. The van der Waals surface area contributed by atoms with Crippen molar-refractivity contribution in [3.05, 3.63) is 87.7 Å². The van der Waals surface area contributed by atoms with Crippen LogP contribution in [-0.2, 0) is 6.11 Å². The molecule has 1 nitrogen and oxygen atoms in total. The Hall–Kier alpha value is -2.89. The number of hydrogen-bond acceptors (Lipinski definition) is 1. The van der Waals surface area contributed by atoms with Gasteiger partial charge in [0.05, 0.1) is 5.56 Å². The second-order valence-electron chi connectivity index (χ2n) is 7.12. The summed E-state index contributed by atoms with van der Waals surface area (Å²) < 4.78 is 73.5. The molecule has 29 heavy (non-hydrogen) atoms. The van der Waals surface area contributed by atoms with E-state index in [0.717, 1.165) is 27.8 Å². The highest BCUT2D eigenvalue weighted by Crippen LogP contribution is 2.37. The molecule has 0 N–H and O–H groups in total. The second kappa shape index (κ2) is 7.50. The first-order valence-corrected chi connectivity index (χ1v) is 8.90. The van der Waals surface area contributed by atoms with E-state index in [4.69, 9.17) is 0 Å². The summed E-state index contributed by atoms with van der Waals surface area (Å²) in [5, 5.41) is 0. The molecule has 0 aromatic heterocycles. The Morgan fingerprint density at radius 1 is 0.724 bits per heavy atom. The van der Waals surface area contributed by atoms with Crippen LogP contribution in [0.2, 0.25) is 0 Å². The number of aryl methyl sites for hydroxylation is 4. The first-order chi connectivity index (χ1) is 13.5. The zero-order valence-corrected chi connectivity index (χ0v) is 16.3. The van der Waals surface area contributed by atoms with Gasteiger partial charge in [-0.25, -0.2) is 13.2 Å². The second-order valence-corrected chi connectivity index (χ2v) is 7.12. The van der Waals surface area contributed by atoms with Crippen molar-refractivity contribution in [2.24, 2.45) is 0 Å². The molecular formula is C23H19F5O. The van der Waals surface area contributed by atoms with E-state index in [-0.39, 0.29) is 5.56 Å². The van der Waals surface area contributed by atoms with E-state index in [2.05, 4.69) is 4.74 Å². The Morgan fingerprint density at radius 2 is 1.28 bits per heavy atom. The summed E-state index contributed by atoms with van der Waals surface area (Å²) in [6, 6.07) is 9.19. The lowest BCUT2D eigenvalue weighted by Gasteiger charge is -2.21. The van der Waals surface area contributed by atoms with Crippen molar-refractivity contribution in [3.8, 4) is 16.9 Å². The van der Waals surface area contributed by atoms with Gasteiger partial charge in [0.15, 0.2) is 17.5 Å². The molecule has 0 spiro atoms. The fraction of sp³-hybridized carbons (Fsp3) is 0.217. The van der Waals surface area contributed by atoms with E-state index in [1.165, 1.54) is 13.0 Å². The SMILES string of the molecule is Cc1cc(C)c(-c2ccc(C(F)(F)Oc3cc(F)c(F)c(F)c3)c(C)c2)c(C)c1. The Labute approximate surface area is 165 Å². The summed E-state index contributed by atoms with van der Waals surface area (Å²) >= 11 is 0. The highest BCUT2D eigenvalue weighted by atomic mass is 19.3. The smallest absolute Gasteiger partial charge is 0.426 e. The highest BCUT2D eigenvalue weighted by molar-refractivity contribution is 5.72. The zero-order chi connectivity index (χ0) is 21.5. The Kier molecular flexibility index (Phi) is 5.39. The van der Waals surface area contributed by atoms with Crippen LogP contribution in [0.4, 0.5) is 22.0 Å². The van der Waals surface area contributed by atoms with E-state index < -0.39 is 34.9 Å². The largest absolute Gasteiger partial charge is 0.429 e. The topological polar surface area (TPSA) is 9.23 Å². The average Bonchev–Trinajstić information content (AvgIpc) is 2.58. The molecule has 0 radical (unpaired) electrons. The molecule has 0 atom stereocenters. The average molecular weight is 406 g/mol. The third kappa shape index (κ3) is 4.11. The van der Waals surface area contributed by atoms with Gasteiger partial charge in [0, 0.05) is 12.1 Å². The van der Waals surface area contributed by atoms with Gasteiger partial charge in [-0.05, 0) is 61.6 Å². The quantitative estimate of drug-likeness (QED) is 0.331. The maximum Gasteiger partial charge on any atom is 0.426 e. The van der Waals surface area contributed by atoms with E-state index in [0.29, 0.717) is 12.1 Å². The fourth-order valence-corrected chi connectivity index (χ4v) is 3.58. The van der Waals surface area contributed by atoms with Gasteiger partial charge in [0.1, 0.15) is 5.75 Å². The molecule has 3 aromatic carbocycles. The van der Waals surface area contributed by atoms with Gasteiger partial charge < -0.3 is 4.74 Å². The Balaban J connectivity index is 1.98. The molecule has 3 rings (SSSR count). The van der Waals surface area contributed by atoms with E-state index in [1.807, 2.05) is 32.9 Å².